The van der Waals surface area contributed by atoms with Gasteiger partial charge in [-0.05, 0) is 30.6 Å². The summed E-state index contributed by atoms with van der Waals surface area (Å²) in [7, 11) is 0. The molecule has 12 heavy (non-hydrogen) atoms. The number of rotatable bonds is 2. The van der Waals surface area contributed by atoms with Crippen molar-refractivity contribution in [2.45, 2.75) is 45.6 Å². The Morgan fingerprint density at radius 1 is 1.58 bits per heavy atom. The van der Waals surface area contributed by atoms with E-state index < -0.39 is 0 Å². The Morgan fingerprint density at radius 3 is 2.75 bits per heavy atom. The largest absolute Gasteiger partial charge is 0.393 e. The lowest BCUT2D eigenvalue weighted by atomic mass is 9.65. The Balaban J connectivity index is 2.72. The van der Waals surface area contributed by atoms with Crippen molar-refractivity contribution >= 4 is 0 Å². The number of allylic oxidation sites excluding steroid dienone is 1. The summed E-state index contributed by atoms with van der Waals surface area (Å²) >= 11 is 0. The summed E-state index contributed by atoms with van der Waals surface area (Å²) < 4.78 is 0. The van der Waals surface area contributed by atoms with Gasteiger partial charge >= 0.3 is 0 Å². The summed E-state index contributed by atoms with van der Waals surface area (Å²) in [6.07, 6.45) is 6.14. The molecule has 1 nitrogen and oxygen atoms in total. The Hall–Kier alpha value is -0.300. The average Bonchev–Trinajstić information content (AvgIpc) is 2.02. The molecule has 0 aromatic rings. The van der Waals surface area contributed by atoms with Crippen LogP contribution in [0.2, 0.25) is 0 Å². The molecule has 0 amide bonds. The summed E-state index contributed by atoms with van der Waals surface area (Å²) in [6.45, 7) is 8.18. The molecule has 0 aromatic heterocycles. The molecule has 0 spiro atoms. The van der Waals surface area contributed by atoms with E-state index in [9.17, 15) is 5.11 Å². The van der Waals surface area contributed by atoms with Gasteiger partial charge in [-0.15, -0.1) is 6.58 Å². The smallest absolute Gasteiger partial charge is 0.0599 e. The molecule has 0 radical (unpaired) electrons. The lowest BCUT2D eigenvalue weighted by Crippen LogP contribution is -2.41. The second kappa shape index (κ2) is 3.61. The quantitative estimate of drug-likeness (QED) is 0.629. The molecule has 3 atom stereocenters. The lowest BCUT2D eigenvalue weighted by molar-refractivity contribution is -0.0339. The summed E-state index contributed by atoms with van der Waals surface area (Å²) in [5, 5.41) is 9.88. The van der Waals surface area contributed by atoms with Crippen LogP contribution in [-0.2, 0) is 0 Å². The van der Waals surface area contributed by atoms with Crippen molar-refractivity contribution in [2.24, 2.45) is 11.3 Å². The summed E-state index contributed by atoms with van der Waals surface area (Å²) in [4.78, 5) is 0. The molecule has 1 aliphatic carbocycles. The minimum absolute atomic E-state index is 0.0833. The Morgan fingerprint density at radius 2 is 2.25 bits per heavy atom. The Labute approximate surface area is 75.5 Å². The van der Waals surface area contributed by atoms with Gasteiger partial charge in [0, 0.05) is 0 Å². The van der Waals surface area contributed by atoms with E-state index in [1.54, 1.807) is 0 Å². The van der Waals surface area contributed by atoms with Crippen molar-refractivity contribution in [3.63, 3.8) is 0 Å². The highest BCUT2D eigenvalue weighted by Crippen LogP contribution is 2.43. The summed E-state index contributed by atoms with van der Waals surface area (Å²) in [5.74, 6) is 0.624. The van der Waals surface area contributed by atoms with E-state index in [0.29, 0.717) is 5.92 Å². The van der Waals surface area contributed by atoms with E-state index in [0.717, 1.165) is 12.8 Å². The van der Waals surface area contributed by atoms with E-state index in [1.807, 2.05) is 6.08 Å². The zero-order chi connectivity index (χ0) is 9.19. The van der Waals surface area contributed by atoms with Crippen LogP contribution in [0.1, 0.15) is 39.5 Å². The van der Waals surface area contributed by atoms with Crippen molar-refractivity contribution in [1.82, 2.24) is 0 Å². The van der Waals surface area contributed by atoms with Crippen LogP contribution in [0.3, 0.4) is 0 Å². The molecule has 1 N–H and O–H groups in total. The van der Waals surface area contributed by atoms with Gasteiger partial charge in [-0.3, -0.25) is 0 Å². The van der Waals surface area contributed by atoms with Crippen LogP contribution in [0.5, 0.6) is 0 Å². The minimum Gasteiger partial charge on any atom is -0.393 e. The monoisotopic (exact) mass is 168 g/mol. The lowest BCUT2D eigenvalue weighted by Gasteiger charge is -2.43. The maximum Gasteiger partial charge on any atom is 0.0599 e. The molecule has 1 rings (SSSR count). The van der Waals surface area contributed by atoms with Crippen molar-refractivity contribution in [3.05, 3.63) is 12.7 Å². The third kappa shape index (κ3) is 1.56. The van der Waals surface area contributed by atoms with Crippen molar-refractivity contribution in [2.75, 3.05) is 0 Å². The van der Waals surface area contributed by atoms with Gasteiger partial charge in [0.25, 0.3) is 0 Å². The zero-order valence-corrected chi connectivity index (χ0v) is 8.21. The molecule has 0 unspecified atom stereocenters. The van der Waals surface area contributed by atoms with Gasteiger partial charge in [-0.2, -0.15) is 0 Å². The second-order valence-corrected chi connectivity index (χ2v) is 4.35. The molecular weight excluding hydrogens is 148 g/mol. The van der Waals surface area contributed by atoms with Gasteiger partial charge in [0.1, 0.15) is 0 Å². The predicted molar refractivity (Wildman–Crippen MR) is 51.9 cm³/mol. The Bertz CT molecular complexity index is 152. The van der Waals surface area contributed by atoms with Crippen LogP contribution in [0, 0.1) is 11.3 Å². The average molecular weight is 168 g/mol. The van der Waals surface area contributed by atoms with Gasteiger partial charge < -0.3 is 5.11 Å². The van der Waals surface area contributed by atoms with Crippen molar-refractivity contribution in [3.8, 4) is 0 Å². The van der Waals surface area contributed by atoms with Crippen LogP contribution >= 0.6 is 0 Å². The number of aliphatic hydroxyl groups is 1. The molecule has 1 saturated carbocycles. The van der Waals surface area contributed by atoms with Crippen LogP contribution in [0.25, 0.3) is 0 Å². The standard InChI is InChI=1S/C11H20O/c1-4-8-11(3)9(2)6-5-7-10(11)12/h4,9-10,12H,1,5-8H2,2-3H3/t9-,10+,11+/m0/s1. The molecule has 0 saturated heterocycles. The van der Waals surface area contributed by atoms with Crippen LogP contribution in [0.4, 0.5) is 0 Å². The van der Waals surface area contributed by atoms with E-state index in [1.165, 1.54) is 12.8 Å². The third-order valence-electron chi connectivity index (χ3n) is 3.59. The fraction of sp³-hybridized carbons (Fsp3) is 0.818. The predicted octanol–water partition coefficient (Wildman–Crippen LogP) is 2.75. The topological polar surface area (TPSA) is 20.2 Å². The molecule has 0 aliphatic heterocycles. The fourth-order valence-corrected chi connectivity index (χ4v) is 2.25. The maximum absolute atomic E-state index is 9.88. The first-order valence-electron chi connectivity index (χ1n) is 4.90. The molecule has 0 heterocycles. The second-order valence-electron chi connectivity index (χ2n) is 4.35. The van der Waals surface area contributed by atoms with Gasteiger partial charge in [0.15, 0.2) is 0 Å². The summed E-state index contributed by atoms with van der Waals surface area (Å²) in [5.41, 5.74) is 0.0833. The normalized spacial score (nSPS) is 42.6. The van der Waals surface area contributed by atoms with Gasteiger partial charge in [-0.1, -0.05) is 26.3 Å². The van der Waals surface area contributed by atoms with Gasteiger partial charge in [0.05, 0.1) is 6.10 Å². The first-order chi connectivity index (χ1) is 5.61. The molecule has 0 aromatic carbocycles. The van der Waals surface area contributed by atoms with E-state index in [4.69, 9.17) is 0 Å². The zero-order valence-electron chi connectivity index (χ0n) is 8.21. The highest BCUT2D eigenvalue weighted by molar-refractivity contribution is 4.94. The fourth-order valence-electron chi connectivity index (χ4n) is 2.25. The van der Waals surface area contributed by atoms with Crippen LogP contribution in [-0.4, -0.2) is 11.2 Å². The van der Waals surface area contributed by atoms with Crippen molar-refractivity contribution in [1.29, 1.82) is 0 Å². The minimum atomic E-state index is -0.126. The first kappa shape index (κ1) is 9.79. The maximum atomic E-state index is 9.88. The highest BCUT2D eigenvalue weighted by Gasteiger charge is 2.39. The van der Waals surface area contributed by atoms with E-state index in [-0.39, 0.29) is 11.5 Å². The molecule has 1 heteroatoms. The van der Waals surface area contributed by atoms with Gasteiger partial charge in [-0.25, -0.2) is 0 Å². The number of aliphatic hydroxyl groups excluding tert-OH is 1. The first-order valence-corrected chi connectivity index (χ1v) is 4.90. The van der Waals surface area contributed by atoms with E-state index >= 15 is 0 Å². The molecule has 0 bridgehead atoms. The third-order valence-corrected chi connectivity index (χ3v) is 3.59. The SMILES string of the molecule is C=CC[C@@]1(C)[C@H](O)CCC[C@@H]1C. The summed E-state index contributed by atoms with van der Waals surface area (Å²) in [6, 6.07) is 0. The molecular formula is C11H20O. The number of hydrogen-bond acceptors (Lipinski definition) is 1. The van der Waals surface area contributed by atoms with Crippen LogP contribution < -0.4 is 0 Å². The Kier molecular flexibility index (Phi) is 2.94. The molecule has 1 aliphatic rings. The molecule has 1 fully saturated rings. The number of hydrogen-bond donors (Lipinski definition) is 1. The van der Waals surface area contributed by atoms with E-state index in [2.05, 4.69) is 20.4 Å². The van der Waals surface area contributed by atoms with Crippen molar-refractivity contribution < 1.29 is 5.11 Å². The molecule has 70 valence electrons. The highest BCUT2D eigenvalue weighted by atomic mass is 16.3. The van der Waals surface area contributed by atoms with Gasteiger partial charge in [0.2, 0.25) is 0 Å². The van der Waals surface area contributed by atoms with Crippen LogP contribution in [0.15, 0.2) is 12.7 Å².